The van der Waals surface area contributed by atoms with Crippen molar-refractivity contribution in [2.45, 2.75) is 32.2 Å². The molecule has 3 heterocycles. The summed E-state index contributed by atoms with van der Waals surface area (Å²) in [4.78, 5) is 22.6. The summed E-state index contributed by atoms with van der Waals surface area (Å²) in [6.07, 6.45) is 12.7. The highest BCUT2D eigenvalue weighted by atomic mass is 32.1. The molecule has 1 aliphatic heterocycles. The zero-order valence-corrected chi connectivity index (χ0v) is 16.4. The number of nitrogens with zero attached hydrogens (tertiary/aromatic N) is 2. The van der Waals surface area contributed by atoms with Gasteiger partial charge in [0.2, 0.25) is 5.91 Å². The van der Waals surface area contributed by atoms with E-state index in [4.69, 9.17) is 5.73 Å². The average Bonchev–Trinajstić information content (AvgIpc) is 3.11. The Hall–Kier alpha value is -2.31. The third-order valence-electron chi connectivity index (χ3n) is 5.01. The predicted molar refractivity (Wildman–Crippen MR) is 111 cm³/mol. The zero-order valence-electron chi connectivity index (χ0n) is 15.6. The molecule has 142 valence electrons. The Morgan fingerprint density at radius 1 is 1.30 bits per heavy atom. The van der Waals surface area contributed by atoms with Gasteiger partial charge in [-0.15, -0.1) is 11.3 Å². The fraction of sp³-hybridized carbons (Fsp3) is 0.381. The highest BCUT2D eigenvalue weighted by Crippen LogP contribution is 2.32. The molecule has 0 aliphatic carbocycles. The number of thiophene rings is 1. The van der Waals surface area contributed by atoms with E-state index in [-0.39, 0.29) is 11.3 Å². The molecule has 2 atom stereocenters. The molecule has 3 rings (SSSR count). The minimum Gasteiger partial charge on any atom is -0.368 e. The third-order valence-corrected chi connectivity index (χ3v) is 6.08. The quantitative estimate of drug-likeness (QED) is 0.699. The molecule has 1 amide bonds. The second-order valence-corrected chi connectivity index (χ2v) is 8.37. The first kappa shape index (κ1) is 19.5. The first-order valence-electron chi connectivity index (χ1n) is 9.24. The first-order chi connectivity index (χ1) is 13.1. The first-order valence-corrected chi connectivity index (χ1v) is 10.1. The summed E-state index contributed by atoms with van der Waals surface area (Å²) < 4.78 is 0. The molecule has 0 saturated carbocycles. The molecule has 0 saturated heterocycles. The third kappa shape index (κ3) is 5.34. The van der Waals surface area contributed by atoms with Gasteiger partial charge in [0.25, 0.3) is 0 Å². The molecule has 0 radical (unpaired) electrons. The number of primary amides is 1. The van der Waals surface area contributed by atoms with E-state index < -0.39 is 6.04 Å². The Labute approximate surface area is 164 Å². The van der Waals surface area contributed by atoms with E-state index in [1.165, 1.54) is 10.4 Å². The van der Waals surface area contributed by atoms with Gasteiger partial charge < -0.3 is 11.1 Å². The molecular formula is C21H26N4OS. The van der Waals surface area contributed by atoms with E-state index in [0.29, 0.717) is 6.54 Å². The molecule has 6 heteroatoms. The fourth-order valence-corrected chi connectivity index (χ4v) is 4.36. The summed E-state index contributed by atoms with van der Waals surface area (Å²) in [5.41, 5.74) is 6.91. The van der Waals surface area contributed by atoms with Gasteiger partial charge in [0.15, 0.2) is 0 Å². The smallest absolute Gasteiger partial charge is 0.239 e. The number of hydrogen-bond acceptors (Lipinski definition) is 5. The van der Waals surface area contributed by atoms with Gasteiger partial charge in [0, 0.05) is 40.3 Å². The number of amides is 1. The lowest BCUT2D eigenvalue weighted by molar-refractivity contribution is -0.120. The van der Waals surface area contributed by atoms with Crippen LogP contribution in [-0.4, -0.2) is 30.2 Å². The van der Waals surface area contributed by atoms with Gasteiger partial charge >= 0.3 is 0 Å². The van der Waals surface area contributed by atoms with Crippen molar-refractivity contribution < 1.29 is 4.79 Å². The van der Waals surface area contributed by atoms with Crippen molar-refractivity contribution in [1.82, 2.24) is 10.3 Å². The van der Waals surface area contributed by atoms with Gasteiger partial charge in [-0.2, -0.15) is 0 Å². The van der Waals surface area contributed by atoms with E-state index in [9.17, 15) is 4.79 Å². The number of aromatic nitrogens is 1. The normalized spacial score (nSPS) is 19.9. The summed E-state index contributed by atoms with van der Waals surface area (Å²) in [7, 11) is 0. The SMILES string of the molecule is Cc1ccc(C(NCCC2(CCc3ccncc3)C=CC=NC2)C(N)=O)s1. The number of aryl methyl sites for hydroxylation is 2. The van der Waals surface area contributed by atoms with Gasteiger partial charge in [-0.3, -0.25) is 14.8 Å². The van der Waals surface area contributed by atoms with Crippen LogP contribution in [0.5, 0.6) is 0 Å². The van der Waals surface area contributed by atoms with Crippen molar-refractivity contribution in [2.24, 2.45) is 16.1 Å². The van der Waals surface area contributed by atoms with Crippen LogP contribution in [0.3, 0.4) is 0 Å². The molecule has 0 aromatic carbocycles. The van der Waals surface area contributed by atoms with E-state index in [0.717, 1.165) is 30.7 Å². The number of carbonyl (C=O) groups excluding carboxylic acids is 1. The topological polar surface area (TPSA) is 80.4 Å². The molecule has 2 unspecified atom stereocenters. The van der Waals surface area contributed by atoms with Crippen LogP contribution in [0.2, 0.25) is 0 Å². The van der Waals surface area contributed by atoms with Crippen LogP contribution in [0.4, 0.5) is 0 Å². The maximum atomic E-state index is 11.9. The molecule has 2 aromatic heterocycles. The standard InChI is InChI=1S/C21H26N4OS/c1-16-3-4-18(27-16)19(20(22)26)25-14-10-21(8-2-11-24-15-21)9-5-17-6-12-23-13-7-17/h2-4,6-8,11-13,19,25H,5,9-10,14-15H2,1H3,(H2,22,26). The summed E-state index contributed by atoms with van der Waals surface area (Å²) in [5, 5.41) is 3.36. The van der Waals surface area contributed by atoms with Crippen molar-refractivity contribution in [3.8, 4) is 0 Å². The molecule has 2 aromatic rings. The molecule has 27 heavy (non-hydrogen) atoms. The largest absolute Gasteiger partial charge is 0.368 e. The second kappa shape index (κ2) is 9.06. The molecule has 3 N–H and O–H groups in total. The van der Waals surface area contributed by atoms with E-state index in [1.54, 1.807) is 11.3 Å². The highest BCUT2D eigenvalue weighted by molar-refractivity contribution is 7.12. The predicted octanol–water partition coefficient (Wildman–Crippen LogP) is 3.22. The molecular weight excluding hydrogens is 356 g/mol. The number of rotatable bonds is 9. The van der Waals surface area contributed by atoms with Crippen LogP contribution in [0.1, 0.15) is 34.2 Å². The van der Waals surface area contributed by atoms with Crippen molar-refractivity contribution in [3.05, 3.63) is 64.1 Å². The molecule has 1 aliphatic rings. The van der Waals surface area contributed by atoms with Crippen LogP contribution in [0, 0.1) is 12.3 Å². The summed E-state index contributed by atoms with van der Waals surface area (Å²) >= 11 is 1.61. The maximum Gasteiger partial charge on any atom is 0.239 e. The molecule has 0 spiro atoms. The Morgan fingerprint density at radius 3 is 2.74 bits per heavy atom. The number of carbonyl (C=O) groups is 1. The molecule has 0 bridgehead atoms. The van der Waals surface area contributed by atoms with Crippen molar-refractivity contribution >= 4 is 23.5 Å². The maximum absolute atomic E-state index is 11.9. The van der Waals surface area contributed by atoms with Gasteiger partial charge in [-0.1, -0.05) is 6.08 Å². The van der Waals surface area contributed by atoms with E-state index in [2.05, 4.69) is 33.5 Å². The number of hydrogen-bond donors (Lipinski definition) is 2. The van der Waals surface area contributed by atoms with Crippen molar-refractivity contribution in [3.63, 3.8) is 0 Å². The average molecular weight is 383 g/mol. The Morgan fingerprint density at radius 2 is 2.11 bits per heavy atom. The van der Waals surface area contributed by atoms with Crippen LogP contribution in [0.25, 0.3) is 0 Å². The Bertz CT molecular complexity index is 815. The lowest BCUT2D eigenvalue weighted by atomic mass is 9.78. The highest BCUT2D eigenvalue weighted by Gasteiger charge is 2.28. The number of dihydropyridines is 1. The summed E-state index contributed by atoms with van der Waals surface area (Å²) in [6.45, 7) is 3.52. The summed E-state index contributed by atoms with van der Waals surface area (Å²) in [5.74, 6) is -0.333. The minimum atomic E-state index is -0.433. The van der Waals surface area contributed by atoms with Crippen LogP contribution in [0.15, 0.2) is 53.8 Å². The fourth-order valence-electron chi connectivity index (χ4n) is 3.40. The lowest BCUT2D eigenvalue weighted by Gasteiger charge is -2.31. The van der Waals surface area contributed by atoms with Gasteiger partial charge in [0.1, 0.15) is 6.04 Å². The lowest BCUT2D eigenvalue weighted by Crippen LogP contribution is -2.36. The van der Waals surface area contributed by atoms with Gasteiger partial charge in [-0.05, 0) is 68.6 Å². The molecule has 0 fully saturated rings. The van der Waals surface area contributed by atoms with Crippen LogP contribution < -0.4 is 11.1 Å². The molecule has 5 nitrogen and oxygen atoms in total. The van der Waals surface area contributed by atoms with Crippen LogP contribution in [-0.2, 0) is 11.2 Å². The van der Waals surface area contributed by atoms with Crippen molar-refractivity contribution in [2.75, 3.05) is 13.1 Å². The van der Waals surface area contributed by atoms with Crippen molar-refractivity contribution in [1.29, 1.82) is 0 Å². The van der Waals surface area contributed by atoms with Crippen LogP contribution >= 0.6 is 11.3 Å². The van der Waals surface area contributed by atoms with E-state index in [1.807, 2.05) is 43.7 Å². The number of nitrogens with two attached hydrogens (primary N) is 1. The zero-order chi connectivity index (χ0) is 19.1. The number of nitrogens with one attached hydrogen (secondary N) is 1. The van der Waals surface area contributed by atoms with E-state index >= 15 is 0 Å². The summed E-state index contributed by atoms with van der Waals surface area (Å²) in [6, 6.07) is 7.68. The monoisotopic (exact) mass is 382 g/mol. The van der Waals surface area contributed by atoms with Gasteiger partial charge in [-0.25, -0.2) is 0 Å². The number of allylic oxidation sites excluding steroid dienone is 1. The number of aliphatic imine (C=N–C) groups is 1. The second-order valence-electron chi connectivity index (χ2n) is 7.05. The Balaban J connectivity index is 1.61. The van der Waals surface area contributed by atoms with Gasteiger partial charge in [0.05, 0.1) is 0 Å². The minimum absolute atomic E-state index is 0.00141. The number of pyridine rings is 1. The Kier molecular flexibility index (Phi) is 6.53.